The average molecular weight is 517 g/mol. The summed E-state index contributed by atoms with van der Waals surface area (Å²) in [5.74, 6) is 0. The molecule has 0 saturated heterocycles. The summed E-state index contributed by atoms with van der Waals surface area (Å²) in [6.45, 7) is 6.54. The molecule has 0 aliphatic heterocycles. The van der Waals surface area contributed by atoms with Crippen molar-refractivity contribution in [2.45, 2.75) is 38.0 Å². The molecule has 2 heterocycles. The fourth-order valence-corrected chi connectivity index (χ4v) is 4.79. The second kappa shape index (κ2) is 10.7. The van der Waals surface area contributed by atoms with Gasteiger partial charge in [0.2, 0.25) is 5.09 Å². The lowest BCUT2D eigenvalue weighted by Gasteiger charge is -2.14. The third-order valence-electron chi connectivity index (χ3n) is 4.80. The zero-order valence-corrected chi connectivity index (χ0v) is 21.9. The van der Waals surface area contributed by atoms with Gasteiger partial charge in [-0.2, -0.15) is 8.42 Å². The highest BCUT2D eigenvalue weighted by molar-refractivity contribution is 7.89. The molecule has 0 spiro atoms. The predicted molar refractivity (Wildman–Crippen MR) is 138 cm³/mol. The number of nitrogens with zero attached hydrogens (tertiary/aromatic N) is 2. The molecule has 0 bridgehead atoms. The minimum absolute atomic E-state index is 0.0871. The maximum absolute atomic E-state index is 13.4. The number of aromatic nitrogens is 1. The highest BCUT2D eigenvalue weighted by Gasteiger charge is 2.25. The zero-order chi connectivity index (χ0) is 25.8. The van der Waals surface area contributed by atoms with Crippen LogP contribution in [0.1, 0.15) is 26.3 Å². The van der Waals surface area contributed by atoms with E-state index in [1.165, 1.54) is 3.97 Å². The molecule has 0 fully saturated rings. The number of halogens is 1. The Hall–Kier alpha value is -3.07. The lowest BCUT2D eigenvalue weighted by Crippen LogP contribution is -2.17. The summed E-state index contributed by atoms with van der Waals surface area (Å²) < 4.78 is 38.3. The van der Waals surface area contributed by atoms with E-state index in [9.17, 15) is 13.2 Å². The van der Waals surface area contributed by atoms with E-state index in [2.05, 4.69) is 4.74 Å². The van der Waals surface area contributed by atoms with Crippen LogP contribution in [0.15, 0.2) is 76.4 Å². The summed E-state index contributed by atoms with van der Waals surface area (Å²) in [7, 11) is -0.0311. The molecular weight excluding hydrogens is 488 g/mol. The zero-order valence-electron chi connectivity index (χ0n) is 20.4. The molecular formula is C26H29ClN2O5S. The van der Waals surface area contributed by atoms with Crippen LogP contribution >= 0.6 is 11.6 Å². The van der Waals surface area contributed by atoms with E-state index in [-0.39, 0.29) is 10.7 Å². The van der Waals surface area contributed by atoms with Crippen LogP contribution in [-0.4, -0.2) is 43.5 Å². The van der Waals surface area contributed by atoms with Crippen LogP contribution in [0.3, 0.4) is 0 Å². The molecule has 0 unspecified atom stereocenters. The maximum Gasteiger partial charge on any atom is 0.301 e. The highest BCUT2D eigenvalue weighted by atomic mass is 35.5. The van der Waals surface area contributed by atoms with Gasteiger partial charge in [-0.05, 0) is 70.3 Å². The third-order valence-corrected chi connectivity index (χ3v) is 6.58. The molecule has 0 aliphatic carbocycles. The molecule has 186 valence electrons. The van der Waals surface area contributed by atoms with Gasteiger partial charge in [-0.15, -0.1) is 0 Å². The average Bonchev–Trinajstić information content (AvgIpc) is 3.39. The van der Waals surface area contributed by atoms with E-state index >= 15 is 0 Å². The third kappa shape index (κ3) is 6.75. The van der Waals surface area contributed by atoms with Gasteiger partial charge in [0.1, 0.15) is 11.2 Å². The first kappa shape index (κ1) is 26.5. The first-order valence-corrected chi connectivity index (χ1v) is 12.7. The Kier molecular flexibility index (Phi) is 8.10. The van der Waals surface area contributed by atoms with Gasteiger partial charge in [-0.1, -0.05) is 41.9 Å². The molecule has 2 aromatic heterocycles. The van der Waals surface area contributed by atoms with Gasteiger partial charge in [0.15, 0.2) is 0 Å². The van der Waals surface area contributed by atoms with Crippen LogP contribution in [0.5, 0.6) is 0 Å². The van der Waals surface area contributed by atoms with Crippen molar-refractivity contribution in [3.05, 3.63) is 77.4 Å². The number of hydrogen-bond acceptors (Lipinski definition) is 6. The highest BCUT2D eigenvalue weighted by Crippen LogP contribution is 2.31. The van der Waals surface area contributed by atoms with Crippen molar-refractivity contribution >= 4 is 39.1 Å². The van der Waals surface area contributed by atoms with Crippen molar-refractivity contribution in [1.29, 1.82) is 0 Å². The number of ether oxygens (including phenoxy) is 1. The summed E-state index contributed by atoms with van der Waals surface area (Å²) in [5, 5.41) is 1.25. The Morgan fingerprint density at radius 1 is 1.06 bits per heavy atom. The van der Waals surface area contributed by atoms with Crippen molar-refractivity contribution in [1.82, 2.24) is 8.87 Å². The summed E-state index contributed by atoms with van der Waals surface area (Å²) in [4.78, 5) is 11.6. The fraction of sp³-hybridized carbons (Fsp3) is 0.269. The monoisotopic (exact) mass is 516 g/mol. The van der Waals surface area contributed by atoms with Crippen LogP contribution in [0.4, 0.5) is 0 Å². The van der Waals surface area contributed by atoms with Crippen LogP contribution < -0.4 is 0 Å². The molecule has 35 heavy (non-hydrogen) atoms. The number of furan rings is 1. The van der Waals surface area contributed by atoms with Crippen molar-refractivity contribution in [3.8, 4) is 11.3 Å². The molecule has 0 saturated carbocycles. The molecule has 9 heteroatoms. The first-order valence-electron chi connectivity index (χ1n) is 10.9. The molecule has 7 nitrogen and oxygen atoms in total. The molecule has 4 aromatic rings. The maximum atomic E-state index is 13.4. The number of benzene rings is 2. The van der Waals surface area contributed by atoms with E-state index in [0.29, 0.717) is 29.3 Å². The van der Waals surface area contributed by atoms with Crippen molar-refractivity contribution in [2.75, 3.05) is 14.1 Å². The van der Waals surface area contributed by atoms with Crippen molar-refractivity contribution in [3.63, 3.8) is 0 Å². The van der Waals surface area contributed by atoms with E-state index in [4.69, 9.17) is 16.0 Å². The van der Waals surface area contributed by atoms with Crippen LogP contribution in [0, 0.1) is 0 Å². The Morgan fingerprint density at radius 3 is 2.26 bits per heavy atom. The number of carbonyl (C=O) groups excluding carboxylic acids is 1. The Morgan fingerprint density at radius 2 is 1.71 bits per heavy atom. The molecule has 2 aromatic carbocycles. The van der Waals surface area contributed by atoms with Gasteiger partial charge in [0, 0.05) is 29.2 Å². The van der Waals surface area contributed by atoms with Gasteiger partial charge >= 0.3 is 10.0 Å². The second-order valence-electron chi connectivity index (χ2n) is 9.21. The molecule has 0 amide bonds. The quantitative estimate of drug-likeness (QED) is 0.301. The first-order chi connectivity index (χ1) is 16.4. The van der Waals surface area contributed by atoms with Gasteiger partial charge < -0.3 is 14.1 Å². The fourth-order valence-electron chi connectivity index (χ4n) is 3.30. The number of rotatable bonds is 6. The summed E-state index contributed by atoms with van der Waals surface area (Å²) in [6, 6.07) is 17.8. The topological polar surface area (TPSA) is 81.8 Å². The van der Waals surface area contributed by atoms with E-state index in [1.54, 1.807) is 30.5 Å². The van der Waals surface area contributed by atoms with E-state index in [1.807, 2.05) is 76.2 Å². The minimum atomic E-state index is -3.91. The van der Waals surface area contributed by atoms with Crippen LogP contribution in [-0.2, 0) is 26.1 Å². The summed E-state index contributed by atoms with van der Waals surface area (Å²) in [5.41, 5.74) is 2.43. The minimum Gasteiger partial charge on any atom is -0.462 e. The van der Waals surface area contributed by atoms with E-state index in [0.717, 1.165) is 16.5 Å². The largest absolute Gasteiger partial charge is 0.462 e. The number of para-hydroxylation sites is 1. The normalized spacial score (nSPS) is 11.9. The number of fused-ring (bicyclic) bond motifs is 1. The standard InChI is InChI=1S/C21H19ClN2O3S.C5H10O2/c1-23(2)13-15-11-19(16-7-9-18(22)10-8-16)24(14-15)28(25,26)21-12-17-5-3-4-6-20(17)27-21;1-5(2,3)7-4-6/h3-12,14H,13H2,1-2H3;4H,1-3H3. The Bertz CT molecular complexity index is 1360. The predicted octanol–water partition coefficient (Wildman–Crippen LogP) is 5.81. The van der Waals surface area contributed by atoms with Gasteiger partial charge in [0.25, 0.3) is 6.47 Å². The van der Waals surface area contributed by atoms with Gasteiger partial charge in [0.05, 0.1) is 5.69 Å². The molecule has 0 atom stereocenters. The number of carbonyl (C=O) groups is 1. The summed E-state index contributed by atoms with van der Waals surface area (Å²) >= 11 is 6.00. The lowest BCUT2D eigenvalue weighted by atomic mass is 10.1. The molecule has 4 rings (SSSR count). The van der Waals surface area contributed by atoms with Crippen molar-refractivity contribution < 1.29 is 22.4 Å². The Labute approximate surface area is 210 Å². The van der Waals surface area contributed by atoms with Gasteiger partial charge in [-0.25, -0.2) is 3.97 Å². The molecule has 0 N–H and O–H groups in total. The van der Waals surface area contributed by atoms with E-state index < -0.39 is 10.0 Å². The van der Waals surface area contributed by atoms with Crippen LogP contribution in [0.25, 0.3) is 22.2 Å². The van der Waals surface area contributed by atoms with Gasteiger partial charge in [-0.3, -0.25) is 4.79 Å². The molecule has 0 radical (unpaired) electrons. The van der Waals surface area contributed by atoms with Crippen LogP contribution in [0.2, 0.25) is 5.02 Å². The Balaban J connectivity index is 0.000000429. The summed E-state index contributed by atoms with van der Waals surface area (Å²) in [6.07, 6.45) is 1.65. The van der Waals surface area contributed by atoms with Crippen molar-refractivity contribution in [2.24, 2.45) is 0 Å². The smallest absolute Gasteiger partial charge is 0.301 e. The second-order valence-corrected chi connectivity index (χ2v) is 11.4. The SMILES string of the molecule is CC(C)(C)OC=O.CN(C)Cc1cc(-c2ccc(Cl)cc2)n(S(=O)(=O)c2cc3ccccc3o2)c1. The number of hydrogen-bond donors (Lipinski definition) is 0. The molecule has 0 aliphatic rings. The lowest BCUT2D eigenvalue weighted by molar-refractivity contribution is -0.138.